The smallest absolute Gasteiger partial charge is 0.315 e. The third-order valence-corrected chi connectivity index (χ3v) is 9.74. The normalized spacial score (nSPS) is 13.4. The highest BCUT2D eigenvalue weighted by molar-refractivity contribution is 7.08. The molecule has 4 rings (SSSR count). The van der Waals surface area contributed by atoms with E-state index in [0.29, 0.717) is 13.1 Å². The monoisotopic (exact) mass is 722 g/mol. The number of hydrogen-bond donors (Lipinski definition) is 6. The maximum Gasteiger partial charge on any atom is 0.315 e. The van der Waals surface area contributed by atoms with Crippen LogP contribution in [-0.2, 0) is 25.7 Å². The van der Waals surface area contributed by atoms with Gasteiger partial charge in [0.1, 0.15) is 11.5 Å². The lowest BCUT2D eigenvalue weighted by atomic mass is 10.0. The Kier molecular flexibility index (Phi) is 17.1. The molecule has 6 N–H and O–H groups in total. The summed E-state index contributed by atoms with van der Waals surface area (Å²) >= 11 is 3.34. The lowest BCUT2D eigenvalue weighted by Crippen LogP contribution is -2.47. The van der Waals surface area contributed by atoms with Crippen molar-refractivity contribution in [3.63, 3.8) is 0 Å². The van der Waals surface area contributed by atoms with E-state index in [0.717, 1.165) is 36.8 Å². The minimum absolute atomic E-state index is 0.0875. The van der Waals surface area contributed by atoms with Crippen LogP contribution in [0.2, 0.25) is 0 Å². The van der Waals surface area contributed by atoms with Gasteiger partial charge < -0.3 is 41.3 Å². The second-order valence-electron chi connectivity index (χ2n) is 13.2. The molecule has 2 aromatic carbocycles. The van der Waals surface area contributed by atoms with E-state index in [1.165, 1.54) is 11.1 Å². The average Bonchev–Trinajstić information content (AvgIpc) is 3.77. The Balaban J connectivity index is 0.000000270. The Morgan fingerprint density at radius 3 is 1.24 bits per heavy atom. The molecule has 4 amide bonds. The highest BCUT2D eigenvalue weighted by Gasteiger charge is 2.16. The molecule has 0 saturated carbocycles. The Morgan fingerprint density at radius 2 is 0.940 bits per heavy atom. The molecule has 0 aliphatic heterocycles. The van der Waals surface area contributed by atoms with Gasteiger partial charge in [0.05, 0.1) is 0 Å². The number of amides is 4. The number of nitrogens with zero attached hydrogens (tertiary/aromatic N) is 2. The van der Waals surface area contributed by atoms with Gasteiger partial charge in [0.15, 0.2) is 0 Å². The standard InChI is InChI=1S/2C19H27N3O2S/c2*1-14(10-16-8-9-25-13-16)21-19(24)20-12-17(22(2)3)11-15-4-6-18(23)7-5-15/h2*4-9,13-14,17,23H,10-12H2,1-3H3,(H2,20,21,24)/t2*14?,17-/m00/s1. The predicted octanol–water partition coefficient (Wildman–Crippen LogP) is 5.71. The minimum Gasteiger partial charge on any atom is -0.508 e. The van der Waals surface area contributed by atoms with Gasteiger partial charge in [-0.2, -0.15) is 22.7 Å². The van der Waals surface area contributed by atoms with Crippen molar-refractivity contribution in [2.24, 2.45) is 0 Å². The summed E-state index contributed by atoms with van der Waals surface area (Å²) in [5.41, 5.74) is 4.75. The molecule has 272 valence electrons. The first-order valence-corrected chi connectivity index (χ1v) is 18.8. The van der Waals surface area contributed by atoms with Crippen molar-refractivity contribution in [2.45, 2.75) is 63.7 Å². The lowest BCUT2D eigenvalue weighted by Gasteiger charge is -2.25. The topological polar surface area (TPSA) is 129 Å². The van der Waals surface area contributed by atoms with Crippen LogP contribution in [0.25, 0.3) is 0 Å². The molecule has 2 unspecified atom stereocenters. The summed E-state index contributed by atoms with van der Waals surface area (Å²) in [6.45, 7) is 5.14. The molecule has 0 radical (unpaired) electrons. The Hall–Kier alpha value is -4.10. The minimum atomic E-state index is -0.139. The molecule has 0 bridgehead atoms. The molecule has 10 nitrogen and oxygen atoms in total. The van der Waals surface area contributed by atoms with E-state index in [1.807, 2.05) is 77.1 Å². The summed E-state index contributed by atoms with van der Waals surface area (Å²) in [5.74, 6) is 0.532. The van der Waals surface area contributed by atoms with Gasteiger partial charge in [-0.3, -0.25) is 0 Å². The number of phenolic OH excluding ortho intramolecular Hbond substituents is 2. The molecule has 0 aliphatic rings. The highest BCUT2D eigenvalue weighted by atomic mass is 32.1. The van der Waals surface area contributed by atoms with Crippen LogP contribution >= 0.6 is 22.7 Å². The second kappa shape index (κ2) is 21.2. The van der Waals surface area contributed by atoms with Crippen LogP contribution in [0.5, 0.6) is 11.5 Å². The Bertz CT molecular complexity index is 1400. The first-order chi connectivity index (χ1) is 23.9. The Labute approximate surface area is 305 Å². The molecule has 12 heteroatoms. The summed E-state index contributed by atoms with van der Waals surface area (Å²) in [7, 11) is 8.02. The van der Waals surface area contributed by atoms with E-state index in [-0.39, 0.29) is 47.7 Å². The van der Waals surface area contributed by atoms with Crippen LogP contribution in [0.3, 0.4) is 0 Å². The third-order valence-electron chi connectivity index (χ3n) is 8.27. The third kappa shape index (κ3) is 15.6. The van der Waals surface area contributed by atoms with Crippen LogP contribution in [0.4, 0.5) is 9.59 Å². The van der Waals surface area contributed by atoms with E-state index >= 15 is 0 Å². The van der Waals surface area contributed by atoms with Gasteiger partial charge in [-0.05, 0) is 148 Å². The van der Waals surface area contributed by atoms with Gasteiger partial charge in [-0.25, -0.2) is 9.59 Å². The van der Waals surface area contributed by atoms with E-state index in [9.17, 15) is 19.8 Å². The summed E-state index contributed by atoms with van der Waals surface area (Å²) in [6, 6.07) is 18.8. The zero-order chi connectivity index (χ0) is 36.5. The van der Waals surface area contributed by atoms with Gasteiger partial charge in [0.25, 0.3) is 0 Å². The lowest BCUT2D eigenvalue weighted by molar-refractivity contribution is 0.228. The van der Waals surface area contributed by atoms with Crippen molar-refractivity contribution in [1.29, 1.82) is 0 Å². The van der Waals surface area contributed by atoms with Gasteiger partial charge in [0, 0.05) is 37.3 Å². The van der Waals surface area contributed by atoms with Gasteiger partial charge in [-0.15, -0.1) is 0 Å². The molecule has 2 heterocycles. The first kappa shape index (κ1) is 40.3. The van der Waals surface area contributed by atoms with Crippen molar-refractivity contribution >= 4 is 34.7 Å². The fourth-order valence-corrected chi connectivity index (χ4v) is 6.64. The molecule has 0 aliphatic carbocycles. The maximum atomic E-state index is 12.1. The highest BCUT2D eigenvalue weighted by Crippen LogP contribution is 2.14. The van der Waals surface area contributed by atoms with Gasteiger partial charge >= 0.3 is 12.1 Å². The predicted molar refractivity (Wildman–Crippen MR) is 207 cm³/mol. The number of likely N-dealkylation sites (N-methyl/N-ethyl adjacent to an activating group) is 2. The number of hydrogen-bond acceptors (Lipinski definition) is 8. The zero-order valence-corrected chi connectivity index (χ0v) is 31.7. The van der Waals surface area contributed by atoms with Crippen molar-refractivity contribution in [1.82, 2.24) is 31.1 Å². The van der Waals surface area contributed by atoms with Gasteiger partial charge in [-0.1, -0.05) is 24.3 Å². The fraction of sp³-hybridized carbons (Fsp3) is 0.421. The molecule has 0 spiro atoms. The molecule has 4 aromatic rings. The van der Waals surface area contributed by atoms with Gasteiger partial charge in [0.2, 0.25) is 0 Å². The number of phenols is 2. The number of nitrogens with one attached hydrogen (secondary N) is 4. The van der Waals surface area contributed by atoms with Crippen LogP contribution < -0.4 is 21.3 Å². The average molecular weight is 723 g/mol. The molecule has 50 heavy (non-hydrogen) atoms. The number of thiophene rings is 2. The second-order valence-corrected chi connectivity index (χ2v) is 14.7. The summed E-state index contributed by atoms with van der Waals surface area (Å²) in [5, 5.41) is 39.0. The Morgan fingerprint density at radius 1 is 0.580 bits per heavy atom. The molecule has 2 aromatic heterocycles. The van der Waals surface area contributed by atoms with E-state index in [2.05, 4.69) is 54.0 Å². The number of aromatic hydroxyl groups is 2. The van der Waals surface area contributed by atoms with Crippen molar-refractivity contribution < 1.29 is 19.8 Å². The summed E-state index contributed by atoms with van der Waals surface area (Å²) in [4.78, 5) is 28.5. The molecule has 0 fully saturated rings. The summed E-state index contributed by atoms with van der Waals surface area (Å²) < 4.78 is 0. The van der Waals surface area contributed by atoms with Crippen LogP contribution in [0.15, 0.2) is 82.2 Å². The van der Waals surface area contributed by atoms with Crippen molar-refractivity contribution in [2.75, 3.05) is 41.3 Å². The molecular formula is C38H54N6O4S2. The van der Waals surface area contributed by atoms with Crippen LogP contribution in [0, 0.1) is 0 Å². The molecule has 4 atom stereocenters. The quantitative estimate of drug-likeness (QED) is 0.0880. The number of carbonyl (C=O) groups is 2. The van der Waals surface area contributed by atoms with Crippen molar-refractivity contribution in [3.05, 3.63) is 104 Å². The number of carbonyl (C=O) groups excluding carboxylic acids is 2. The van der Waals surface area contributed by atoms with E-state index in [4.69, 9.17) is 0 Å². The molecule has 0 saturated heterocycles. The SMILES string of the molecule is CC(Cc1ccsc1)NC(=O)NC[C@H](Cc1ccc(O)cc1)N(C)C.CC(Cc1ccsc1)NC(=O)NC[C@H](Cc1ccc(O)cc1)N(C)C. The van der Waals surface area contributed by atoms with Crippen LogP contribution in [0.1, 0.15) is 36.1 Å². The molecular weight excluding hydrogens is 669 g/mol. The largest absolute Gasteiger partial charge is 0.508 e. The van der Waals surface area contributed by atoms with E-state index < -0.39 is 0 Å². The number of rotatable bonds is 16. The summed E-state index contributed by atoms with van der Waals surface area (Å²) in [6.07, 6.45) is 3.28. The van der Waals surface area contributed by atoms with Crippen LogP contribution in [-0.4, -0.2) is 97.5 Å². The maximum absolute atomic E-state index is 12.1. The number of urea groups is 2. The van der Waals surface area contributed by atoms with Crippen molar-refractivity contribution in [3.8, 4) is 11.5 Å². The zero-order valence-electron chi connectivity index (χ0n) is 30.1. The number of benzene rings is 2. The first-order valence-electron chi connectivity index (χ1n) is 16.9. The van der Waals surface area contributed by atoms with E-state index in [1.54, 1.807) is 46.9 Å². The fourth-order valence-electron chi connectivity index (χ4n) is 5.28.